The first-order valence-electron chi connectivity index (χ1n) is 4.65. The molecular weight excluding hydrogens is 192 g/mol. The van der Waals surface area contributed by atoms with Gasteiger partial charge in [0.15, 0.2) is 5.78 Å². The Kier molecular flexibility index (Phi) is 2.39. The van der Waals surface area contributed by atoms with Crippen LogP contribution in [0, 0.1) is 0 Å². The molecular formula is C10H12N4O. The van der Waals surface area contributed by atoms with Gasteiger partial charge in [0.1, 0.15) is 0 Å². The molecule has 0 spiro atoms. The second-order valence-corrected chi connectivity index (χ2v) is 3.29. The van der Waals surface area contributed by atoms with Crippen molar-refractivity contribution in [2.45, 2.75) is 6.54 Å². The Morgan fingerprint density at radius 1 is 1.40 bits per heavy atom. The summed E-state index contributed by atoms with van der Waals surface area (Å²) >= 11 is 0. The maximum atomic E-state index is 11.2. The number of carbonyl (C=O) groups is 1. The number of carbonyl (C=O) groups excluding carboxylic acids is 1. The molecule has 0 radical (unpaired) electrons. The minimum absolute atomic E-state index is 0.0198. The number of nitrogens with zero attached hydrogens (tertiary/aromatic N) is 2. The van der Waals surface area contributed by atoms with Gasteiger partial charge in [0.25, 0.3) is 0 Å². The summed E-state index contributed by atoms with van der Waals surface area (Å²) in [6.07, 6.45) is 0. The standard InChI is InChI=1S/C10H12N4O/c11-5-7(15)6-14-9-4-2-1-3-8(9)13-10(14)12/h1-4H,5-6,11H2,(H2,12,13). The van der Waals surface area contributed by atoms with Crippen LogP contribution >= 0.6 is 0 Å². The molecule has 0 aliphatic heterocycles. The van der Waals surface area contributed by atoms with Gasteiger partial charge in [-0.05, 0) is 12.1 Å². The van der Waals surface area contributed by atoms with Crippen molar-refractivity contribution in [2.24, 2.45) is 5.73 Å². The first kappa shape index (κ1) is 9.67. The van der Waals surface area contributed by atoms with Crippen LogP contribution in [0.5, 0.6) is 0 Å². The normalized spacial score (nSPS) is 10.7. The van der Waals surface area contributed by atoms with Crippen LogP contribution in [0.3, 0.4) is 0 Å². The largest absolute Gasteiger partial charge is 0.369 e. The Bertz CT molecular complexity index is 503. The second kappa shape index (κ2) is 3.70. The molecule has 5 heteroatoms. The zero-order chi connectivity index (χ0) is 10.8. The Morgan fingerprint density at radius 3 is 2.87 bits per heavy atom. The number of nitrogen functional groups attached to an aromatic ring is 1. The summed E-state index contributed by atoms with van der Waals surface area (Å²) in [5, 5.41) is 0. The van der Waals surface area contributed by atoms with Gasteiger partial charge in [-0.25, -0.2) is 4.98 Å². The molecule has 0 atom stereocenters. The molecule has 0 bridgehead atoms. The molecule has 0 amide bonds. The Labute approximate surface area is 86.7 Å². The van der Waals surface area contributed by atoms with Crippen molar-refractivity contribution in [3.63, 3.8) is 0 Å². The van der Waals surface area contributed by atoms with Gasteiger partial charge >= 0.3 is 0 Å². The number of Topliss-reactive ketones (excluding diaryl/α,β-unsaturated/α-hetero) is 1. The highest BCUT2D eigenvalue weighted by atomic mass is 16.1. The molecule has 1 heterocycles. The van der Waals surface area contributed by atoms with E-state index in [0.717, 1.165) is 11.0 Å². The van der Waals surface area contributed by atoms with Crippen molar-refractivity contribution >= 4 is 22.8 Å². The maximum absolute atomic E-state index is 11.2. The molecule has 0 aliphatic rings. The Balaban J connectivity index is 2.49. The fourth-order valence-corrected chi connectivity index (χ4v) is 1.50. The van der Waals surface area contributed by atoms with E-state index in [0.29, 0.717) is 5.95 Å². The second-order valence-electron chi connectivity index (χ2n) is 3.29. The minimum atomic E-state index is -0.0650. The number of para-hydroxylation sites is 2. The molecule has 0 saturated heterocycles. The number of imidazole rings is 1. The number of rotatable bonds is 3. The van der Waals surface area contributed by atoms with Gasteiger partial charge < -0.3 is 16.0 Å². The van der Waals surface area contributed by atoms with Crippen LogP contribution in [0.1, 0.15) is 0 Å². The van der Waals surface area contributed by atoms with Crippen molar-refractivity contribution in [3.8, 4) is 0 Å². The van der Waals surface area contributed by atoms with E-state index in [1.807, 2.05) is 24.3 Å². The monoisotopic (exact) mass is 204 g/mol. The van der Waals surface area contributed by atoms with E-state index in [-0.39, 0.29) is 18.9 Å². The smallest absolute Gasteiger partial charge is 0.201 e. The molecule has 0 saturated carbocycles. The molecule has 15 heavy (non-hydrogen) atoms. The van der Waals surface area contributed by atoms with Crippen LogP contribution < -0.4 is 11.5 Å². The lowest BCUT2D eigenvalue weighted by Crippen LogP contribution is -2.20. The number of anilines is 1. The van der Waals surface area contributed by atoms with E-state index >= 15 is 0 Å². The zero-order valence-electron chi connectivity index (χ0n) is 8.18. The Hall–Kier alpha value is -1.88. The van der Waals surface area contributed by atoms with Crippen molar-refractivity contribution in [1.82, 2.24) is 9.55 Å². The average molecular weight is 204 g/mol. The topological polar surface area (TPSA) is 86.9 Å². The summed E-state index contributed by atoms with van der Waals surface area (Å²) in [4.78, 5) is 15.4. The molecule has 0 unspecified atom stereocenters. The van der Waals surface area contributed by atoms with E-state index in [4.69, 9.17) is 11.5 Å². The van der Waals surface area contributed by atoms with Gasteiger partial charge in [-0.3, -0.25) is 4.79 Å². The van der Waals surface area contributed by atoms with Gasteiger partial charge in [-0.15, -0.1) is 0 Å². The van der Waals surface area contributed by atoms with Gasteiger partial charge in [-0.1, -0.05) is 12.1 Å². The van der Waals surface area contributed by atoms with E-state index < -0.39 is 0 Å². The first-order chi connectivity index (χ1) is 7.22. The van der Waals surface area contributed by atoms with Crippen molar-refractivity contribution in [2.75, 3.05) is 12.3 Å². The van der Waals surface area contributed by atoms with Crippen LogP contribution in [0.15, 0.2) is 24.3 Å². The van der Waals surface area contributed by atoms with Gasteiger partial charge in [0.2, 0.25) is 5.95 Å². The fraction of sp³-hybridized carbons (Fsp3) is 0.200. The van der Waals surface area contributed by atoms with E-state index in [9.17, 15) is 4.79 Å². The van der Waals surface area contributed by atoms with Gasteiger partial charge in [-0.2, -0.15) is 0 Å². The zero-order valence-corrected chi connectivity index (χ0v) is 8.18. The maximum Gasteiger partial charge on any atom is 0.201 e. The highest BCUT2D eigenvalue weighted by Gasteiger charge is 2.09. The fourth-order valence-electron chi connectivity index (χ4n) is 1.50. The van der Waals surface area contributed by atoms with Gasteiger partial charge in [0, 0.05) is 0 Å². The van der Waals surface area contributed by atoms with E-state index in [1.165, 1.54) is 0 Å². The van der Waals surface area contributed by atoms with Crippen LogP contribution in [0.2, 0.25) is 0 Å². The van der Waals surface area contributed by atoms with E-state index in [2.05, 4.69) is 4.98 Å². The SMILES string of the molecule is NCC(=O)Cn1c(N)nc2ccccc21. The summed E-state index contributed by atoms with van der Waals surface area (Å²) < 4.78 is 1.67. The molecule has 1 aromatic heterocycles. The Morgan fingerprint density at radius 2 is 2.13 bits per heavy atom. The third-order valence-electron chi connectivity index (χ3n) is 2.25. The molecule has 2 aromatic rings. The summed E-state index contributed by atoms with van der Waals surface area (Å²) in [5.74, 6) is 0.280. The summed E-state index contributed by atoms with van der Waals surface area (Å²) in [7, 11) is 0. The first-order valence-corrected chi connectivity index (χ1v) is 4.65. The summed E-state index contributed by atoms with van der Waals surface area (Å²) in [6, 6.07) is 7.49. The minimum Gasteiger partial charge on any atom is -0.369 e. The summed E-state index contributed by atoms with van der Waals surface area (Å²) in [6.45, 7) is 0.203. The quantitative estimate of drug-likeness (QED) is 0.744. The molecule has 78 valence electrons. The third kappa shape index (κ3) is 1.69. The number of aromatic nitrogens is 2. The lowest BCUT2D eigenvalue weighted by molar-refractivity contribution is -0.118. The van der Waals surface area contributed by atoms with Crippen molar-refractivity contribution in [1.29, 1.82) is 0 Å². The van der Waals surface area contributed by atoms with Crippen LogP contribution in [-0.4, -0.2) is 21.9 Å². The lowest BCUT2D eigenvalue weighted by atomic mass is 10.3. The third-order valence-corrected chi connectivity index (χ3v) is 2.25. The molecule has 0 fully saturated rings. The molecule has 1 aromatic carbocycles. The predicted octanol–water partition coefficient (Wildman–Crippen LogP) is 0.146. The molecule has 2 rings (SSSR count). The highest BCUT2D eigenvalue weighted by Crippen LogP contribution is 2.16. The average Bonchev–Trinajstić information content (AvgIpc) is 2.55. The summed E-state index contributed by atoms with van der Waals surface area (Å²) in [5.41, 5.74) is 12.6. The van der Waals surface area contributed by atoms with Crippen molar-refractivity contribution < 1.29 is 4.79 Å². The van der Waals surface area contributed by atoms with Crippen molar-refractivity contribution in [3.05, 3.63) is 24.3 Å². The molecule has 4 N–H and O–H groups in total. The predicted molar refractivity (Wildman–Crippen MR) is 58.2 cm³/mol. The number of ketones is 1. The number of hydrogen-bond donors (Lipinski definition) is 2. The highest BCUT2D eigenvalue weighted by molar-refractivity contribution is 5.84. The van der Waals surface area contributed by atoms with Gasteiger partial charge in [0.05, 0.1) is 24.1 Å². The van der Waals surface area contributed by atoms with Crippen LogP contribution in [0.25, 0.3) is 11.0 Å². The number of nitrogens with two attached hydrogens (primary N) is 2. The number of benzene rings is 1. The molecule has 5 nitrogen and oxygen atoms in total. The lowest BCUT2D eigenvalue weighted by Gasteiger charge is -2.03. The number of hydrogen-bond acceptors (Lipinski definition) is 4. The van der Waals surface area contributed by atoms with E-state index in [1.54, 1.807) is 4.57 Å². The number of fused-ring (bicyclic) bond motifs is 1. The van der Waals surface area contributed by atoms with Crippen LogP contribution in [-0.2, 0) is 11.3 Å². The van der Waals surface area contributed by atoms with Crippen LogP contribution in [0.4, 0.5) is 5.95 Å². The molecule has 0 aliphatic carbocycles.